The van der Waals surface area contributed by atoms with E-state index in [1.807, 2.05) is 0 Å². The van der Waals surface area contributed by atoms with Crippen LogP contribution < -0.4 is 43.4 Å². The summed E-state index contributed by atoms with van der Waals surface area (Å²) < 4.78 is 0. The Morgan fingerprint density at radius 2 is 1.43 bits per heavy atom. The molecule has 1 saturated heterocycles. The van der Waals surface area contributed by atoms with Crippen molar-refractivity contribution in [1.29, 1.82) is 0 Å². The van der Waals surface area contributed by atoms with Crippen LogP contribution in [0.2, 0.25) is 0 Å². The van der Waals surface area contributed by atoms with E-state index in [-0.39, 0.29) is 38.1 Å². The first-order chi connectivity index (χ1) is 19.6. The van der Waals surface area contributed by atoms with Gasteiger partial charge in [-0.15, -0.1) is 0 Å². The van der Waals surface area contributed by atoms with Crippen LogP contribution in [0.1, 0.15) is 46.0 Å². The predicted octanol–water partition coefficient (Wildman–Crippen LogP) is -5.33. The Balaban J connectivity index is 2.81. The van der Waals surface area contributed by atoms with Gasteiger partial charge in [0.1, 0.15) is 18.1 Å². The molecule has 236 valence electrons. The van der Waals surface area contributed by atoms with Gasteiger partial charge in [0.15, 0.2) is 0 Å². The van der Waals surface area contributed by atoms with Crippen LogP contribution in [0.4, 0.5) is 0 Å². The minimum Gasteiger partial charge on any atom is -0.480 e. The van der Waals surface area contributed by atoms with Crippen LogP contribution in [0.3, 0.4) is 0 Å². The van der Waals surface area contributed by atoms with Gasteiger partial charge in [-0.2, -0.15) is 0 Å². The second-order valence-corrected chi connectivity index (χ2v) is 10.2. The minimum atomic E-state index is -1.60. The van der Waals surface area contributed by atoms with Gasteiger partial charge in [-0.25, -0.2) is 4.79 Å². The summed E-state index contributed by atoms with van der Waals surface area (Å²) in [6, 6.07) is -4.92. The van der Waals surface area contributed by atoms with Crippen molar-refractivity contribution in [3.63, 3.8) is 0 Å². The van der Waals surface area contributed by atoms with E-state index in [1.165, 1.54) is 0 Å². The van der Waals surface area contributed by atoms with Crippen LogP contribution in [0.15, 0.2) is 0 Å². The fourth-order valence-electron chi connectivity index (χ4n) is 3.92. The van der Waals surface area contributed by atoms with E-state index in [9.17, 15) is 48.6 Å². The van der Waals surface area contributed by atoms with E-state index in [4.69, 9.17) is 11.5 Å². The predicted molar refractivity (Wildman–Crippen MR) is 144 cm³/mol. The molecule has 12 N–H and O–H groups in total. The lowest BCUT2D eigenvalue weighted by atomic mass is 10.0. The quantitative estimate of drug-likeness (QED) is 0.0708. The number of hydrogen-bond acceptors (Lipinski definition) is 10. The molecule has 1 rings (SSSR count). The average Bonchev–Trinajstić information content (AvgIpc) is 3.32. The van der Waals surface area contributed by atoms with Gasteiger partial charge in [0.25, 0.3) is 0 Å². The summed E-state index contributed by atoms with van der Waals surface area (Å²) in [5, 5.41) is 32.9. The van der Waals surface area contributed by atoms with Crippen molar-refractivity contribution in [2.24, 2.45) is 17.4 Å². The number of nitrogens with one attached hydrogen (secondary N) is 6. The summed E-state index contributed by atoms with van der Waals surface area (Å²) in [4.78, 5) is 96.6. The van der Waals surface area contributed by atoms with Crippen LogP contribution in [0.25, 0.3) is 0 Å². The topological polar surface area (TPSA) is 301 Å². The van der Waals surface area contributed by atoms with Crippen molar-refractivity contribution in [2.45, 2.75) is 76.2 Å². The molecule has 7 amide bonds. The molecule has 0 aromatic heterocycles. The number of carboxylic acid groups (broad SMARTS) is 1. The zero-order chi connectivity index (χ0) is 32.0. The standard InChI is InChI=1S/C24H40N8O10/c1-11(2)5-16(24(41)42)31-20(37)10-29-22(39)15(7-18(26)35)32-23(40)13(3-4-17(25)34)30-19(36)9-28-21(38)14-6-12(33)8-27-14/h11-16,27,33H,3-10H2,1-2H3,(H2,25,34)(H2,26,35)(H,28,38)(H,29,39)(H,30,36)(H,31,37)(H,32,40)(H,41,42)/t12-,13+,14+,15+,16+/m1/s1. The molecule has 0 radical (unpaired) electrons. The monoisotopic (exact) mass is 600 g/mol. The van der Waals surface area contributed by atoms with Crippen molar-refractivity contribution in [3.8, 4) is 0 Å². The van der Waals surface area contributed by atoms with Gasteiger partial charge in [0, 0.05) is 13.0 Å². The molecular formula is C24H40N8O10. The van der Waals surface area contributed by atoms with E-state index < -0.39 is 97.1 Å². The summed E-state index contributed by atoms with van der Waals surface area (Å²) >= 11 is 0. The number of aliphatic carboxylic acids is 1. The number of aliphatic hydroxyl groups excluding tert-OH is 1. The Morgan fingerprint density at radius 1 is 0.833 bits per heavy atom. The van der Waals surface area contributed by atoms with Crippen molar-refractivity contribution in [3.05, 3.63) is 0 Å². The largest absolute Gasteiger partial charge is 0.480 e. The molecule has 0 aromatic rings. The van der Waals surface area contributed by atoms with Crippen molar-refractivity contribution < 1.29 is 48.6 Å². The first kappa shape index (κ1) is 35.7. The third-order valence-corrected chi connectivity index (χ3v) is 5.98. The third-order valence-electron chi connectivity index (χ3n) is 5.98. The van der Waals surface area contributed by atoms with Gasteiger partial charge >= 0.3 is 5.97 Å². The highest BCUT2D eigenvalue weighted by Gasteiger charge is 2.31. The average molecular weight is 601 g/mol. The van der Waals surface area contributed by atoms with Crippen LogP contribution in [-0.2, 0) is 38.4 Å². The number of nitrogens with two attached hydrogens (primary N) is 2. The number of primary amides is 2. The summed E-state index contributed by atoms with van der Waals surface area (Å²) in [5.41, 5.74) is 10.3. The molecule has 0 bridgehead atoms. The summed E-state index contributed by atoms with van der Waals surface area (Å²) in [6.45, 7) is 2.50. The number of carboxylic acids is 1. The van der Waals surface area contributed by atoms with E-state index in [0.29, 0.717) is 0 Å². The lowest BCUT2D eigenvalue weighted by Crippen LogP contribution is -2.56. The second-order valence-electron chi connectivity index (χ2n) is 10.2. The van der Waals surface area contributed by atoms with E-state index in [0.717, 1.165) is 0 Å². The highest BCUT2D eigenvalue weighted by atomic mass is 16.4. The molecule has 1 fully saturated rings. The fraction of sp³-hybridized carbons (Fsp3) is 0.667. The first-order valence-electron chi connectivity index (χ1n) is 13.2. The maximum atomic E-state index is 13.0. The number of hydrogen-bond donors (Lipinski definition) is 10. The van der Waals surface area contributed by atoms with Crippen LogP contribution >= 0.6 is 0 Å². The molecule has 42 heavy (non-hydrogen) atoms. The Hall–Kier alpha value is -4.32. The first-order valence-corrected chi connectivity index (χ1v) is 13.2. The van der Waals surface area contributed by atoms with Gasteiger partial charge in [-0.05, 0) is 25.2 Å². The van der Waals surface area contributed by atoms with E-state index >= 15 is 0 Å². The Kier molecular flexibility index (Phi) is 14.9. The van der Waals surface area contributed by atoms with Crippen LogP contribution in [-0.4, -0.2) is 107 Å². The molecular weight excluding hydrogens is 560 g/mol. The maximum absolute atomic E-state index is 13.0. The number of carbonyl (C=O) groups excluding carboxylic acids is 7. The molecule has 5 atom stereocenters. The summed E-state index contributed by atoms with van der Waals surface area (Å²) in [7, 11) is 0. The minimum absolute atomic E-state index is 0.0475. The molecule has 0 spiro atoms. The number of amides is 7. The number of rotatable bonds is 18. The normalized spacial score (nSPS) is 18.2. The van der Waals surface area contributed by atoms with Gasteiger partial charge in [-0.1, -0.05) is 13.8 Å². The smallest absolute Gasteiger partial charge is 0.326 e. The molecule has 1 heterocycles. The van der Waals surface area contributed by atoms with E-state index in [1.54, 1.807) is 13.8 Å². The SMILES string of the molecule is CC(C)C[C@H](NC(=O)CNC(=O)[C@H](CC(N)=O)NC(=O)[C@H](CCC(N)=O)NC(=O)CNC(=O)[C@@H]1C[C@@H](O)CN1)C(=O)O. The highest BCUT2D eigenvalue weighted by molar-refractivity contribution is 5.96. The van der Waals surface area contributed by atoms with E-state index in [2.05, 4.69) is 31.9 Å². The highest BCUT2D eigenvalue weighted by Crippen LogP contribution is 2.06. The zero-order valence-electron chi connectivity index (χ0n) is 23.4. The van der Waals surface area contributed by atoms with Gasteiger partial charge in [0.05, 0.1) is 31.7 Å². The fourth-order valence-corrected chi connectivity index (χ4v) is 3.92. The molecule has 1 aliphatic heterocycles. The number of aliphatic hydroxyl groups is 1. The van der Waals surface area contributed by atoms with Crippen molar-refractivity contribution >= 4 is 47.3 Å². The number of carbonyl (C=O) groups is 8. The third kappa shape index (κ3) is 13.8. The molecule has 18 nitrogen and oxygen atoms in total. The molecule has 18 heteroatoms. The van der Waals surface area contributed by atoms with Gasteiger partial charge < -0.3 is 53.6 Å². The molecule has 0 saturated carbocycles. The van der Waals surface area contributed by atoms with Crippen LogP contribution in [0.5, 0.6) is 0 Å². The van der Waals surface area contributed by atoms with Gasteiger partial charge in [0.2, 0.25) is 41.4 Å². The molecule has 0 aromatic carbocycles. The maximum Gasteiger partial charge on any atom is 0.326 e. The molecule has 0 aliphatic carbocycles. The van der Waals surface area contributed by atoms with Gasteiger partial charge in [-0.3, -0.25) is 33.6 Å². The summed E-state index contributed by atoms with van der Waals surface area (Å²) in [6.07, 6.45) is -1.75. The summed E-state index contributed by atoms with van der Waals surface area (Å²) in [5.74, 6) is -7.32. The van der Waals surface area contributed by atoms with Crippen molar-refractivity contribution in [1.82, 2.24) is 31.9 Å². The molecule has 1 aliphatic rings. The van der Waals surface area contributed by atoms with Crippen molar-refractivity contribution in [2.75, 3.05) is 19.6 Å². The number of β-amino-alcohol motifs (C(OH)–C–C–N with tert-alkyl or cyclic N) is 1. The Morgan fingerprint density at radius 3 is 1.93 bits per heavy atom. The molecule has 0 unspecified atom stereocenters. The lowest BCUT2D eigenvalue weighted by Gasteiger charge is -2.23. The Bertz CT molecular complexity index is 1040. The zero-order valence-corrected chi connectivity index (χ0v) is 23.4. The Labute approximate surface area is 241 Å². The second kappa shape index (κ2) is 17.5. The van der Waals surface area contributed by atoms with Crippen LogP contribution in [0, 0.1) is 5.92 Å². The lowest BCUT2D eigenvalue weighted by molar-refractivity contribution is -0.142.